The minimum Gasteiger partial charge on any atom is -0.481 e. The number of carboxylic acids is 1. The molecule has 19 heavy (non-hydrogen) atoms. The Morgan fingerprint density at radius 3 is 2.26 bits per heavy atom. The standard InChI is InChI=1S/C13H25NO5/c1-10(2)13(3,12(17)18)9-11(16)14(5-7-15)6-8-19-4/h10,15H,5-9H2,1-4H3,(H,17,18). The number of rotatable bonds is 9. The Morgan fingerprint density at radius 1 is 1.32 bits per heavy atom. The summed E-state index contributed by atoms with van der Waals surface area (Å²) in [5, 5.41) is 18.2. The van der Waals surface area contributed by atoms with E-state index in [1.54, 1.807) is 20.8 Å². The average Bonchev–Trinajstić information content (AvgIpc) is 2.33. The molecule has 0 aromatic heterocycles. The zero-order chi connectivity index (χ0) is 15.1. The number of aliphatic hydroxyl groups excluding tert-OH is 1. The summed E-state index contributed by atoms with van der Waals surface area (Å²) < 4.78 is 4.90. The number of carboxylic acid groups (broad SMARTS) is 1. The van der Waals surface area contributed by atoms with Crippen molar-refractivity contribution in [3.05, 3.63) is 0 Å². The Kier molecular flexibility index (Phi) is 7.63. The number of nitrogens with zero attached hydrogens (tertiary/aromatic N) is 1. The number of carbonyl (C=O) groups is 2. The minimum atomic E-state index is -1.10. The van der Waals surface area contributed by atoms with Crippen molar-refractivity contribution in [2.75, 3.05) is 33.4 Å². The number of carbonyl (C=O) groups excluding carboxylic acids is 1. The predicted octanol–water partition coefficient (Wildman–Crippen LogP) is 0.591. The van der Waals surface area contributed by atoms with Gasteiger partial charge in [0.2, 0.25) is 5.91 Å². The molecule has 0 spiro atoms. The van der Waals surface area contributed by atoms with Crippen LogP contribution in [0.1, 0.15) is 27.2 Å². The van der Waals surface area contributed by atoms with Gasteiger partial charge in [-0.05, 0) is 12.8 Å². The van der Waals surface area contributed by atoms with E-state index in [4.69, 9.17) is 9.84 Å². The summed E-state index contributed by atoms with van der Waals surface area (Å²) in [4.78, 5) is 24.9. The van der Waals surface area contributed by atoms with Crippen molar-refractivity contribution in [3.8, 4) is 0 Å². The molecule has 1 amide bonds. The largest absolute Gasteiger partial charge is 0.481 e. The zero-order valence-electron chi connectivity index (χ0n) is 12.2. The number of hydrogen-bond donors (Lipinski definition) is 2. The third-order valence-corrected chi connectivity index (χ3v) is 3.57. The van der Waals surface area contributed by atoms with Crippen LogP contribution in [-0.4, -0.2) is 60.4 Å². The van der Waals surface area contributed by atoms with Crippen LogP contribution in [0.4, 0.5) is 0 Å². The SMILES string of the molecule is COCCN(CCO)C(=O)CC(C)(C(=O)O)C(C)C. The molecule has 1 atom stereocenters. The Balaban J connectivity index is 4.80. The lowest BCUT2D eigenvalue weighted by molar-refractivity contribution is -0.155. The summed E-state index contributed by atoms with van der Waals surface area (Å²) in [6.07, 6.45) is -0.0796. The lowest BCUT2D eigenvalue weighted by atomic mass is 9.76. The number of amides is 1. The summed E-state index contributed by atoms with van der Waals surface area (Å²) in [6.45, 7) is 5.89. The second kappa shape index (κ2) is 8.12. The van der Waals surface area contributed by atoms with E-state index in [-0.39, 0.29) is 31.4 Å². The van der Waals surface area contributed by atoms with Crippen LogP contribution in [0.3, 0.4) is 0 Å². The monoisotopic (exact) mass is 275 g/mol. The van der Waals surface area contributed by atoms with Gasteiger partial charge in [0, 0.05) is 26.6 Å². The highest BCUT2D eigenvalue weighted by Gasteiger charge is 2.39. The number of aliphatic hydroxyl groups is 1. The first kappa shape index (κ1) is 17.9. The smallest absolute Gasteiger partial charge is 0.310 e. The second-order valence-electron chi connectivity index (χ2n) is 5.15. The number of aliphatic carboxylic acids is 1. The Hall–Kier alpha value is -1.14. The molecule has 0 aromatic rings. The normalized spacial score (nSPS) is 14.2. The molecular formula is C13H25NO5. The van der Waals surface area contributed by atoms with Gasteiger partial charge in [-0.15, -0.1) is 0 Å². The molecule has 0 aliphatic rings. The zero-order valence-corrected chi connectivity index (χ0v) is 12.2. The maximum absolute atomic E-state index is 12.2. The van der Waals surface area contributed by atoms with E-state index in [1.165, 1.54) is 12.0 Å². The van der Waals surface area contributed by atoms with E-state index >= 15 is 0 Å². The van der Waals surface area contributed by atoms with Gasteiger partial charge in [-0.3, -0.25) is 9.59 Å². The van der Waals surface area contributed by atoms with Crippen molar-refractivity contribution in [3.63, 3.8) is 0 Å². The quantitative estimate of drug-likeness (QED) is 0.643. The van der Waals surface area contributed by atoms with Gasteiger partial charge < -0.3 is 19.8 Å². The lowest BCUT2D eigenvalue weighted by Crippen LogP contribution is -2.43. The molecule has 0 bridgehead atoms. The molecule has 6 nitrogen and oxygen atoms in total. The van der Waals surface area contributed by atoms with Crippen molar-refractivity contribution < 1.29 is 24.5 Å². The van der Waals surface area contributed by atoms with Crippen LogP contribution in [0.5, 0.6) is 0 Å². The molecular weight excluding hydrogens is 250 g/mol. The predicted molar refractivity (Wildman–Crippen MR) is 70.7 cm³/mol. The van der Waals surface area contributed by atoms with Crippen molar-refractivity contribution in [2.24, 2.45) is 11.3 Å². The molecule has 0 heterocycles. The highest BCUT2D eigenvalue weighted by atomic mass is 16.5. The Bertz CT molecular complexity index is 305. The molecule has 2 N–H and O–H groups in total. The van der Waals surface area contributed by atoms with Crippen LogP contribution < -0.4 is 0 Å². The number of methoxy groups -OCH3 is 1. The van der Waals surface area contributed by atoms with Gasteiger partial charge in [-0.1, -0.05) is 13.8 Å². The van der Waals surface area contributed by atoms with E-state index in [9.17, 15) is 14.7 Å². The van der Waals surface area contributed by atoms with Crippen LogP contribution in [0.25, 0.3) is 0 Å². The molecule has 1 unspecified atom stereocenters. The van der Waals surface area contributed by atoms with E-state index in [0.29, 0.717) is 13.2 Å². The molecule has 0 fully saturated rings. The van der Waals surface area contributed by atoms with Gasteiger partial charge in [-0.2, -0.15) is 0 Å². The van der Waals surface area contributed by atoms with Crippen LogP contribution in [0.2, 0.25) is 0 Å². The molecule has 0 radical (unpaired) electrons. The first-order chi connectivity index (χ1) is 8.79. The van der Waals surface area contributed by atoms with Crippen molar-refractivity contribution in [1.29, 1.82) is 0 Å². The van der Waals surface area contributed by atoms with E-state index < -0.39 is 11.4 Å². The molecule has 6 heteroatoms. The van der Waals surface area contributed by atoms with Gasteiger partial charge in [0.25, 0.3) is 0 Å². The fraction of sp³-hybridized carbons (Fsp3) is 0.846. The van der Waals surface area contributed by atoms with Gasteiger partial charge in [0.1, 0.15) is 0 Å². The molecule has 112 valence electrons. The third kappa shape index (κ3) is 5.16. The fourth-order valence-electron chi connectivity index (χ4n) is 1.64. The Labute approximate surface area is 114 Å². The fourth-order valence-corrected chi connectivity index (χ4v) is 1.64. The second-order valence-corrected chi connectivity index (χ2v) is 5.15. The summed E-state index contributed by atoms with van der Waals surface area (Å²) >= 11 is 0. The van der Waals surface area contributed by atoms with E-state index in [1.807, 2.05) is 0 Å². The third-order valence-electron chi connectivity index (χ3n) is 3.57. The summed E-state index contributed by atoms with van der Waals surface area (Å²) in [5.74, 6) is -1.41. The van der Waals surface area contributed by atoms with Crippen LogP contribution in [0, 0.1) is 11.3 Å². The van der Waals surface area contributed by atoms with E-state index in [2.05, 4.69) is 0 Å². The summed E-state index contributed by atoms with van der Waals surface area (Å²) in [6, 6.07) is 0. The van der Waals surface area contributed by atoms with Crippen molar-refractivity contribution in [1.82, 2.24) is 4.90 Å². The molecule has 0 saturated heterocycles. The average molecular weight is 275 g/mol. The summed E-state index contributed by atoms with van der Waals surface area (Å²) in [7, 11) is 1.52. The Morgan fingerprint density at radius 2 is 1.89 bits per heavy atom. The summed E-state index contributed by atoms with van der Waals surface area (Å²) in [5.41, 5.74) is -1.10. The number of hydrogen-bond acceptors (Lipinski definition) is 4. The first-order valence-electron chi connectivity index (χ1n) is 6.40. The number of ether oxygens (including phenoxy) is 1. The van der Waals surface area contributed by atoms with Crippen LogP contribution in [-0.2, 0) is 14.3 Å². The maximum Gasteiger partial charge on any atom is 0.310 e. The lowest BCUT2D eigenvalue weighted by Gasteiger charge is -2.31. The minimum absolute atomic E-state index is 0.0796. The topological polar surface area (TPSA) is 87.1 Å². The van der Waals surface area contributed by atoms with Crippen molar-refractivity contribution >= 4 is 11.9 Å². The van der Waals surface area contributed by atoms with Gasteiger partial charge in [0.05, 0.1) is 18.6 Å². The van der Waals surface area contributed by atoms with E-state index in [0.717, 1.165) is 0 Å². The molecule has 0 aliphatic heterocycles. The van der Waals surface area contributed by atoms with Crippen LogP contribution >= 0.6 is 0 Å². The highest BCUT2D eigenvalue weighted by Crippen LogP contribution is 2.32. The van der Waals surface area contributed by atoms with Crippen LogP contribution in [0.15, 0.2) is 0 Å². The molecule has 0 saturated carbocycles. The molecule has 0 rings (SSSR count). The highest BCUT2D eigenvalue weighted by molar-refractivity contribution is 5.85. The maximum atomic E-state index is 12.2. The molecule has 0 aromatic carbocycles. The van der Waals surface area contributed by atoms with Gasteiger partial charge in [-0.25, -0.2) is 0 Å². The van der Waals surface area contributed by atoms with Crippen molar-refractivity contribution in [2.45, 2.75) is 27.2 Å². The first-order valence-corrected chi connectivity index (χ1v) is 6.40. The van der Waals surface area contributed by atoms with Gasteiger partial charge in [0.15, 0.2) is 0 Å². The van der Waals surface area contributed by atoms with Gasteiger partial charge >= 0.3 is 5.97 Å². The molecule has 0 aliphatic carbocycles.